The fourth-order valence-corrected chi connectivity index (χ4v) is 8.98. The molecular formula is C41H61ClN5O7P. The van der Waals surface area contributed by atoms with Crippen LogP contribution in [-0.2, 0) is 27.8 Å². The van der Waals surface area contributed by atoms with Gasteiger partial charge in [0.15, 0.2) is 11.6 Å². The molecule has 1 unspecified atom stereocenters. The number of para-hydroxylation sites is 1. The fourth-order valence-electron chi connectivity index (χ4n) is 7.47. The Balaban J connectivity index is 1.09. The van der Waals surface area contributed by atoms with Gasteiger partial charge in [0, 0.05) is 0 Å². The van der Waals surface area contributed by atoms with Crippen molar-refractivity contribution in [3.05, 3.63) is 53.4 Å². The van der Waals surface area contributed by atoms with E-state index in [9.17, 15) is 9.83 Å². The standard InChI is InChI=1S/C41H61ClN5O7P/c1-4-5-6-7-8-9-10-11-12-13-14-15-16-17-18-19-20-23-28-49-55(48,54-35-25-22-21-24-32(35)42)50-30-41(29-43)38-37(51-40(2,3)53-38)36(52-41)33-26-27-34-39(44)45-31-46-47(33)34/h21-22,24-27,31,36-38H,4-20,23,28,30H2,1-3H3,(H2,44,45,46)/t36-,37-,38-,41+,55?/m0/s1. The van der Waals surface area contributed by atoms with Gasteiger partial charge in [0.1, 0.15) is 48.6 Å². The van der Waals surface area contributed by atoms with Gasteiger partial charge in [0.25, 0.3) is 0 Å². The first-order chi connectivity index (χ1) is 26.6. The number of anilines is 1. The molecule has 55 heavy (non-hydrogen) atoms. The summed E-state index contributed by atoms with van der Waals surface area (Å²) in [5.41, 5.74) is 5.49. The molecule has 5 atom stereocenters. The van der Waals surface area contributed by atoms with Crippen molar-refractivity contribution in [2.75, 3.05) is 18.9 Å². The van der Waals surface area contributed by atoms with Crippen LogP contribution in [0.5, 0.6) is 5.75 Å². The third kappa shape index (κ3) is 12.1. The zero-order valence-corrected chi connectivity index (χ0v) is 34.6. The van der Waals surface area contributed by atoms with E-state index in [0.29, 0.717) is 23.4 Å². The van der Waals surface area contributed by atoms with Crippen LogP contribution in [0.1, 0.15) is 148 Å². The summed E-state index contributed by atoms with van der Waals surface area (Å²) in [7, 11) is -4.32. The highest BCUT2D eigenvalue weighted by Crippen LogP contribution is 2.55. The maximum absolute atomic E-state index is 14.3. The lowest BCUT2D eigenvalue weighted by Crippen LogP contribution is -2.46. The Labute approximate surface area is 332 Å². The van der Waals surface area contributed by atoms with Crippen molar-refractivity contribution in [1.29, 1.82) is 5.26 Å². The number of rotatable bonds is 26. The van der Waals surface area contributed by atoms with Gasteiger partial charge < -0.3 is 24.5 Å². The summed E-state index contributed by atoms with van der Waals surface area (Å²) in [4.78, 5) is 4.06. The second-order valence-corrected chi connectivity index (χ2v) is 17.3. The molecule has 0 radical (unpaired) electrons. The normalized spacial score (nSPS) is 22.8. The van der Waals surface area contributed by atoms with E-state index in [2.05, 4.69) is 23.1 Å². The van der Waals surface area contributed by atoms with Crippen LogP contribution in [0.25, 0.3) is 5.52 Å². The number of fused-ring (bicyclic) bond motifs is 2. The molecule has 5 rings (SSSR count). The smallest absolute Gasteiger partial charge is 0.402 e. The van der Waals surface area contributed by atoms with Gasteiger partial charge in [-0.05, 0) is 44.5 Å². The average molecular weight is 802 g/mol. The fraction of sp³-hybridized carbons (Fsp3) is 0.683. The van der Waals surface area contributed by atoms with E-state index in [4.69, 9.17) is 45.1 Å². The third-order valence-corrected chi connectivity index (χ3v) is 12.1. The molecule has 4 heterocycles. The molecule has 0 amide bonds. The molecular weight excluding hydrogens is 741 g/mol. The predicted octanol–water partition coefficient (Wildman–Crippen LogP) is 11.1. The van der Waals surface area contributed by atoms with Crippen LogP contribution >= 0.6 is 19.4 Å². The second kappa shape index (κ2) is 21.1. The first-order valence-electron chi connectivity index (χ1n) is 20.5. The number of unbranched alkanes of at least 4 members (excludes halogenated alkanes) is 17. The molecule has 1 aromatic carbocycles. The zero-order chi connectivity index (χ0) is 39.2. The number of nitriles is 1. The van der Waals surface area contributed by atoms with Crippen LogP contribution in [0.2, 0.25) is 5.02 Å². The van der Waals surface area contributed by atoms with Crippen LogP contribution in [0.3, 0.4) is 0 Å². The van der Waals surface area contributed by atoms with Crippen molar-refractivity contribution < 1.29 is 32.3 Å². The minimum atomic E-state index is -4.32. The molecule has 0 saturated carbocycles. The van der Waals surface area contributed by atoms with Crippen molar-refractivity contribution in [1.82, 2.24) is 14.6 Å². The number of aromatic nitrogens is 3. The lowest BCUT2D eigenvalue weighted by molar-refractivity contribution is -0.204. The molecule has 2 fully saturated rings. The Morgan fingerprint density at radius 1 is 0.855 bits per heavy atom. The van der Waals surface area contributed by atoms with Gasteiger partial charge in [-0.1, -0.05) is 140 Å². The van der Waals surface area contributed by atoms with Crippen LogP contribution in [0.4, 0.5) is 5.82 Å². The number of halogens is 1. The summed E-state index contributed by atoms with van der Waals surface area (Å²) in [6.07, 6.45) is 21.6. The minimum absolute atomic E-state index is 0.137. The molecule has 2 aromatic heterocycles. The van der Waals surface area contributed by atoms with Crippen LogP contribution < -0.4 is 10.3 Å². The molecule has 2 N–H and O–H groups in total. The van der Waals surface area contributed by atoms with Crippen LogP contribution in [0, 0.1) is 11.3 Å². The topological polar surface area (TPSA) is 152 Å². The Morgan fingerprint density at radius 3 is 2.05 bits per heavy atom. The molecule has 2 aliphatic rings. The molecule has 304 valence electrons. The molecule has 3 aromatic rings. The number of benzene rings is 1. The summed E-state index contributed by atoms with van der Waals surface area (Å²) in [5.74, 6) is -0.612. The van der Waals surface area contributed by atoms with Crippen molar-refractivity contribution in [2.24, 2.45) is 0 Å². The summed E-state index contributed by atoms with van der Waals surface area (Å²) >= 11 is 6.37. The maximum Gasteiger partial charge on any atom is 0.530 e. The highest BCUT2D eigenvalue weighted by molar-refractivity contribution is 7.48. The highest BCUT2D eigenvalue weighted by Gasteiger charge is 2.65. The van der Waals surface area contributed by atoms with Crippen molar-refractivity contribution in [3.63, 3.8) is 0 Å². The summed E-state index contributed by atoms with van der Waals surface area (Å²) in [6.45, 7) is 5.43. The number of phosphoric acid groups is 1. The van der Waals surface area contributed by atoms with Crippen LogP contribution in [-0.4, -0.2) is 51.4 Å². The van der Waals surface area contributed by atoms with Gasteiger partial charge in [-0.25, -0.2) is 14.1 Å². The van der Waals surface area contributed by atoms with E-state index in [-0.39, 0.29) is 17.4 Å². The number of hydrogen-bond acceptors (Lipinski definition) is 11. The Hall–Kier alpha value is -2.75. The van der Waals surface area contributed by atoms with E-state index in [1.807, 2.05) is 0 Å². The number of nitrogens with zero attached hydrogens (tertiary/aromatic N) is 4. The monoisotopic (exact) mass is 801 g/mol. The third-order valence-electron chi connectivity index (χ3n) is 10.4. The molecule has 0 aliphatic carbocycles. The van der Waals surface area contributed by atoms with Gasteiger partial charge in [-0.2, -0.15) is 10.4 Å². The predicted molar refractivity (Wildman–Crippen MR) is 214 cm³/mol. The highest BCUT2D eigenvalue weighted by atomic mass is 35.5. The number of nitrogen functional groups attached to an aromatic ring is 1. The molecule has 0 spiro atoms. The molecule has 2 saturated heterocycles. The molecule has 0 bridgehead atoms. The van der Waals surface area contributed by atoms with Gasteiger partial charge in [-0.15, -0.1) is 0 Å². The Morgan fingerprint density at radius 2 is 1.45 bits per heavy atom. The minimum Gasteiger partial charge on any atom is -0.402 e. The average Bonchev–Trinajstić information content (AvgIpc) is 3.83. The molecule has 2 aliphatic heterocycles. The molecule has 12 nitrogen and oxygen atoms in total. The lowest BCUT2D eigenvalue weighted by atomic mass is 9.96. The van der Waals surface area contributed by atoms with E-state index in [1.54, 1.807) is 54.8 Å². The number of phosphoric ester groups is 1. The van der Waals surface area contributed by atoms with Crippen molar-refractivity contribution in [2.45, 2.75) is 166 Å². The van der Waals surface area contributed by atoms with Crippen molar-refractivity contribution >= 4 is 30.8 Å². The zero-order valence-electron chi connectivity index (χ0n) is 33.0. The maximum atomic E-state index is 14.3. The quantitative estimate of drug-likeness (QED) is 0.0609. The summed E-state index contributed by atoms with van der Waals surface area (Å²) < 4.78 is 52.5. The SMILES string of the molecule is CCCCCCCCCCCCCCCCCCCCOP(=O)(OC[C@@]1(C#N)O[C@@H](c2ccc3c(N)ncnn23)[C@@H]2OC(C)(C)O[C@@H]21)Oc1ccccc1Cl. The largest absolute Gasteiger partial charge is 0.530 e. The molecule has 14 heteroatoms. The van der Waals surface area contributed by atoms with E-state index < -0.39 is 44.1 Å². The second-order valence-electron chi connectivity index (χ2n) is 15.3. The van der Waals surface area contributed by atoms with E-state index >= 15 is 0 Å². The van der Waals surface area contributed by atoms with E-state index in [0.717, 1.165) is 19.3 Å². The number of nitrogens with two attached hydrogens (primary N) is 1. The first kappa shape index (κ1) is 43.4. The first-order valence-corrected chi connectivity index (χ1v) is 22.3. The van der Waals surface area contributed by atoms with Gasteiger partial charge in [0.2, 0.25) is 5.60 Å². The Bertz CT molecular complexity index is 1720. The van der Waals surface area contributed by atoms with E-state index in [1.165, 1.54) is 96.2 Å². The van der Waals surface area contributed by atoms with Gasteiger partial charge >= 0.3 is 7.82 Å². The van der Waals surface area contributed by atoms with Crippen molar-refractivity contribution in [3.8, 4) is 11.8 Å². The van der Waals surface area contributed by atoms with Gasteiger partial charge in [0.05, 0.1) is 17.3 Å². The number of hydrogen-bond donors (Lipinski definition) is 1. The Kier molecular flexibility index (Phi) is 16.7. The summed E-state index contributed by atoms with van der Waals surface area (Å²) in [6, 6.07) is 12.4. The van der Waals surface area contributed by atoms with Crippen LogP contribution in [0.15, 0.2) is 42.7 Å². The number of ether oxygens (including phenoxy) is 3. The lowest BCUT2D eigenvalue weighted by Gasteiger charge is -2.30. The van der Waals surface area contributed by atoms with Gasteiger partial charge in [-0.3, -0.25) is 9.05 Å². The summed E-state index contributed by atoms with van der Waals surface area (Å²) in [5, 5.41) is 15.2.